The second-order valence-corrected chi connectivity index (χ2v) is 5.27. The van der Waals surface area contributed by atoms with Gasteiger partial charge in [0.1, 0.15) is 5.69 Å². The van der Waals surface area contributed by atoms with Crippen LogP contribution in [0.2, 0.25) is 0 Å². The molecule has 0 spiro atoms. The molecule has 0 bridgehead atoms. The average Bonchev–Trinajstić information content (AvgIpc) is 2.95. The average molecular weight is 266 g/mol. The largest absolute Gasteiger partial charge is 0.330 e. The fourth-order valence-corrected chi connectivity index (χ4v) is 2.15. The highest BCUT2D eigenvalue weighted by molar-refractivity contribution is 6.20. The summed E-state index contributed by atoms with van der Waals surface area (Å²) in [7, 11) is 0. The summed E-state index contributed by atoms with van der Waals surface area (Å²) in [5.74, 6) is 0. The van der Waals surface area contributed by atoms with E-state index in [1.165, 1.54) is 18.5 Å². The number of nitrogens with zero attached hydrogens (tertiary/aromatic N) is 5. The van der Waals surface area contributed by atoms with Crippen LogP contribution in [-0.4, -0.2) is 24.5 Å². The molecule has 3 rings (SSSR count). The molecule has 0 saturated heterocycles. The molecule has 0 aromatic carbocycles. The van der Waals surface area contributed by atoms with Crippen LogP contribution in [0, 0.1) is 0 Å². The fourth-order valence-electron chi connectivity index (χ4n) is 2.05. The molecule has 1 aliphatic rings. The van der Waals surface area contributed by atoms with Gasteiger partial charge in [0.25, 0.3) is 0 Å². The standard InChI is InChI=1S/C12H16ClN5/c1-2-11(13)12-7-17(16-15-12)6-10-5-14-8-18(10)9-3-4-9/h5,7-9,11H,2-4,6H2,1H3. The number of halogens is 1. The lowest BCUT2D eigenvalue weighted by Gasteiger charge is -2.05. The van der Waals surface area contributed by atoms with Gasteiger partial charge in [-0.15, -0.1) is 16.7 Å². The molecule has 2 aromatic rings. The van der Waals surface area contributed by atoms with Crippen molar-refractivity contribution in [3.8, 4) is 0 Å². The van der Waals surface area contributed by atoms with Crippen molar-refractivity contribution in [2.75, 3.05) is 0 Å². The summed E-state index contributed by atoms with van der Waals surface area (Å²) in [6.07, 6.45) is 9.10. The van der Waals surface area contributed by atoms with Gasteiger partial charge < -0.3 is 4.57 Å². The lowest BCUT2D eigenvalue weighted by atomic mass is 10.3. The van der Waals surface area contributed by atoms with Gasteiger partial charge in [0, 0.05) is 6.04 Å². The zero-order valence-electron chi connectivity index (χ0n) is 10.3. The van der Waals surface area contributed by atoms with E-state index in [4.69, 9.17) is 11.6 Å². The van der Waals surface area contributed by atoms with Crippen LogP contribution < -0.4 is 0 Å². The number of rotatable bonds is 5. The number of hydrogen-bond acceptors (Lipinski definition) is 3. The summed E-state index contributed by atoms with van der Waals surface area (Å²) in [6, 6.07) is 0.641. The molecule has 0 radical (unpaired) electrons. The van der Waals surface area contributed by atoms with Crippen molar-refractivity contribution in [2.24, 2.45) is 0 Å². The Morgan fingerprint density at radius 1 is 1.50 bits per heavy atom. The number of hydrogen-bond donors (Lipinski definition) is 0. The Morgan fingerprint density at radius 2 is 2.33 bits per heavy atom. The molecule has 1 aliphatic carbocycles. The monoisotopic (exact) mass is 265 g/mol. The maximum absolute atomic E-state index is 6.14. The Balaban J connectivity index is 1.75. The summed E-state index contributed by atoms with van der Waals surface area (Å²) in [4.78, 5) is 4.21. The van der Waals surface area contributed by atoms with Crippen LogP contribution in [0.4, 0.5) is 0 Å². The highest BCUT2D eigenvalue weighted by atomic mass is 35.5. The number of imidazole rings is 1. The third-order valence-electron chi connectivity index (χ3n) is 3.25. The molecule has 18 heavy (non-hydrogen) atoms. The molecule has 2 aromatic heterocycles. The van der Waals surface area contributed by atoms with Gasteiger partial charge in [-0.05, 0) is 19.3 Å². The quantitative estimate of drug-likeness (QED) is 0.781. The predicted molar refractivity (Wildman–Crippen MR) is 68.5 cm³/mol. The first-order chi connectivity index (χ1) is 8.78. The Bertz CT molecular complexity index is 528. The highest BCUT2D eigenvalue weighted by Crippen LogP contribution is 2.35. The molecule has 1 unspecified atom stereocenters. The van der Waals surface area contributed by atoms with Crippen molar-refractivity contribution in [3.05, 3.63) is 30.1 Å². The van der Waals surface area contributed by atoms with Crippen molar-refractivity contribution >= 4 is 11.6 Å². The van der Waals surface area contributed by atoms with E-state index in [0.29, 0.717) is 12.6 Å². The molecule has 6 heteroatoms. The van der Waals surface area contributed by atoms with Crippen molar-refractivity contribution in [1.29, 1.82) is 0 Å². The normalized spacial score (nSPS) is 17.0. The van der Waals surface area contributed by atoms with Crippen LogP contribution in [0.15, 0.2) is 18.7 Å². The summed E-state index contributed by atoms with van der Waals surface area (Å²) < 4.78 is 4.07. The van der Waals surface area contributed by atoms with E-state index in [2.05, 4.69) is 19.9 Å². The second kappa shape index (κ2) is 4.72. The van der Waals surface area contributed by atoms with Gasteiger partial charge in [-0.1, -0.05) is 12.1 Å². The van der Waals surface area contributed by atoms with E-state index < -0.39 is 0 Å². The van der Waals surface area contributed by atoms with Gasteiger partial charge in [0.05, 0.1) is 36.3 Å². The van der Waals surface area contributed by atoms with Gasteiger partial charge in [0.15, 0.2) is 0 Å². The van der Waals surface area contributed by atoms with Crippen LogP contribution in [0.25, 0.3) is 0 Å². The highest BCUT2D eigenvalue weighted by Gasteiger charge is 2.25. The SMILES string of the molecule is CCC(Cl)c1cn(Cc2cncn2C2CC2)nn1. The summed E-state index contributed by atoms with van der Waals surface area (Å²) >= 11 is 6.14. The molecule has 1 saturated carbocycles. The Morgan fingerprint density at radius 3 is 3.06 bits per heavy atom. The maximum Gasteiger partial charge on any atom is 0.101 e. The van der Waals surface area contributed by atoms with E-state index >= 15 is 0 Å². The minimum Gasteiger partial charge on any atom is -0.330 e. The van der Waals surface area contributed by atoms with Gasteiger partial charge in [0.2, 0.25) is 0 Å². The van der Waals surface area contributed by atoms with Crippen LogP contribution in [0.1, 0.15) is 49.0 Å². The van der Waals surface area contributed by atoms with E-state index in [0.717, 1.165) is 12.1 Å². The van der Waals surface area contributed by atoms with Crippen LogP contribution in [-0.2, 0) is 6.54 Å². The summed E-state index contributed by atoms with van der Waals surface area (Å²) in [5.41, 5.74) is 2.02. The third-order valence-corrected chi connectivity index (χ3v) is 3.78. The van der Waals surface area contributed by atoms with Crippen molar-refractivity contribution < 1.29 is 0 Å². The Kier molecular flexibility index (Phi) is 3.07. The third kappa shape index (κ3) is 2.27. The van der Waals surface area contributed by atoms with Gasteiger partial charge >= 0.3 is 0 Å². The maximum atomic E-state index is 6.14. The molecule has 1 atom stereocenters. The number of alkyl halides is 1. The molecule has 0 amide bonds. The van der Waals surface area contributed by atoms with Crippen molar-refractivity contribution in [1.82, 2.24) is 24.5 Å². The van der Waals surface area contributed by atoms with E-state index in [9.17, 15) is 0 Å². The summed E-state index contributed by atoms with van der Waals surface area (Å²) in [6.45, 7) is 2.75. The van der Waals surface area contributed by atoms with Crippen LogP contribution in [0.5, 0.6) is 0 Å². The first-order valence-electron chi connectivity index (χ1n) is 6.32. The zero-order valence-corrected chi connectivity index (χ0v) is 11.1. The topological polar surface area (TPSA) is 48.5 Å². The van der Waals surface area contributed by atoms with Crippen molar-refractivity contribution in [2.45, 2.75) is 44.1 Å². The van der Waals surface area contributed by atoms with Crippen LogP contribution in [0.3, 0.4) is 0 Å². The van der Waals surface area contributed by atoms with E-state index in [1.807, 2.05) is 30.3 Å². The van der Waals surface area contributed by atoms with Crippen molar-refractivity contribution in [3.63, 3.8) is 0 Å². The van der Waals surface area contributed by atoms with Crippen LogP contribution >= 0.6 is 11.6 Å². The first-order valence-corrected chi connectivity index (χ1v) is 6.76. The molecule has 2 heterocycles. The molecule has 1 fully saturated rings. The van der Waals surface area contributed by atoms with E-state index in [1.54, 1.807) is 0 Å². The molecule has 0 N–H and O–H groups in total. The molecule has 5 nitrogen and oxygen atoms in total. The first kappa shape index (κ1) is 11.7. The molecule has 0 aliphatic heterocycles. The molecular weight excluding hydrogens is 250 g/mol. The lowest BCUT2D eigenvalue weighted by Crippen LogP contribution is -2.06. The minimum atomic E-state index is -0.0490. The number of aromatic nitrogens is 5. The summed E-state index contributed by atoms with van der Waals surface area (Å²) in [5, 5.41) is 8.18. The van der Waals surface area contributed by atoms with E-state index in [-0.39, 0.29) is 5.38 Å². The minimum absolute atomic E-state index is 0.0490. The Hall–Kier alpha value is -1.36. The predicted octanol–water partition coefficient (Wildman–Crippen LogP) is 2.55. The fraction of sp³-hybridized carbons (Fsp3) is 0.583. The zero-order chi connectivity index (χ0) is 12.5. The second-order valence-electron chi connectivity index (χ2n) is 4.74. The van der Waals surface area contributed by atoms with Gasteiger partial charge in [-0.3, -0.25) is 0 Å². The lowest BCUT2D eigenvalue weighted by molar-refractivity contribution is 0.596. The molecular formula is C12H16ClN5. The van der Waals surface area contributed by atoms with Gasteiger partial charge in [-0.2, -0.15) is 0 Å². The smallest absolute Gasteiger partial charge is 0.101 e. The van der Waals surface area contributed by atoms with Gasteiger partial charge in [-0.25, -0.2) is 9.67 Å². The Labute approximate surface area is 111 Å². The molecule has 96 valence electrons.